The second-order valence-electron chi connectivity index (χ2n) is 6.08. The van der Waals surface area contributed by atoms with Gasteiger partial charge in [0, 0.05) is 19.2 Å². The van der Waals surface area contributed by atoms with E-state index >= 15 is 0 Å². The van der Waals surface area contributed by atoms with Crippen LogP contribution in [0.15, 0.2) is 47.5 Å². The maximum atomic E-state index is 12.7. The molecule has 0 atom stereocenters. The highest BCUT2D eigenvalue weighted by Gasteiger charge is 2.13. The molecule has 1 aromatic heterocycles. The van der Waals surface area contributed by atoms with Gasteiger partial charge >= 0.3 is 5.97 Å². The first-order chi connectivity index (χ1) is 14.1. The number of carbonyl (C=O) groups excluding carboxylic acids is 2. The van der Waals surface area contributed by atoms with Crippen molar-refractivity contribution < 1.29 is 23.8 Å². The summed E-state index contributed by atoms with van der Waals surface area (Å²) in [5.74, 6) is -0.0555. The van der Waals surface area contributed by atoms with Gasteiger partial charge in [0.15, 0.2) is 4.80 Å². The Hall–Kier alpha value is -2.97. The van der Waals surface area contributed by atoms with Gasteiger partial charge in [-0.15, -0.1) is 0 Å². The normalized spacial score (nSPS) is 11.6. The molecule has 0 N–H and O–H groups in total. The van der Waals surface area contributed by atoms with Crippen LogP contribution in [0.25, 0.3) is 10.2 Å². The van der Waals surface area contributed by atoms with Crippen LogP contribution in [-0.2, 0) is 16.0 Å². The number of esters is 1. The molecular formula is C21H22N2O5S. The van der Waals surface area contributed by atoms with Crippen molar-refractivity contribution in [3.63, 3.8) is 0 Å². The number of nitrogens with zero attached hydrogens (tertiary/aromatic N) is 2. The average Bonchev–Trinajstić information content (AvgIpc) is 3.08. The lowest BCUT2D eigenvalue weighted by Crippen LogP contribution is -2.19. The van der Waals surface area contributed by atoms with E-state index in [9.17, 15) is 9.59 Å². The second-order valence-corrected chi connectivity index (χ2v) is 7.09. The van der Waals surface area contributed by atoms with Gasteiger partial charge in [-0.2, -0.15) is 4.99 Å². The van der Waals surface area contributed by atoms with Crippen LogP contribution in [0, 0.1) is 0 Å². The number of rotatable bonds is 7. The highest BCUT2D eigenvalue weighted by atomic mass is 32.1. The van der Waals surface area contributed by atoms with E-state index in [1.165, 1.54) is 11.3 Å². The first-order valence-electron chi connectivity index (χ1n) is 9.10. The molecule has 7 nitrogen and oxygen atoms in total. The number of fused-ring (bicyclic) bond motifs is 1. The molecule has 0 aliphatic heterocycles. The van der Waals surface area contributed by atoms with Crippen LogP contribution in [0.3, 0.4) is 0 Å². The fourth-order valence-electron chi connectivity index (χ4n) is 2.78. The third-order valence-electron chi connectivity index (χ3n) is 4.25. The predicted molar refractivity (Wildman–Crippen MR) is 111 cm³/mol. The summed E-state index contributed by atoms with van der Waals surface area (Å²) in [5, 5.41) is 0. The molecule has 0 aliphatic rings. The molecule has 8 heteroatoms. The summed E-state index contributed by atoms with van der Waals surface area (Å²) >= 11 is 1.34. The zero-order chi connectivity index (χ0) is 20.8. The summed E-state index contributed by atoms with van der Waals surface area (Å²) in [5.41, 5.74) is 1.81. The van der Waals surface area contributed by atoms with Crippen molar-refractivity contribution >= 4 is 33.4 Å². The van der Waals surface area contributed by atoms with Gasteiger partial charge in [-0.05, 0) is 49.4 Å². The summed E-state index contributed by atoms with van der Waals surface area (Å²) in [6.07, 6.45) is 0. The second kappa shape index (κ2) is 9.49. The van der Waals surface area contributed by atoms with Crippen molar-refractivity contribution in [2.24, 2.45) is 4.99 Å². The Bertz CT molecular complexity index is 1080. The quantitative estimate of drug-likeness (QED) is 0.555. The minimum absolute atomic E-state index is 0.312. The van der Waals surface area contributed by atoms with Gasteiger partial charge in [0.05, 0.1) is 36.1 Å². The van der Waals surface area contributed by atoms with Gasteiger partial charge in [-0.1, -0.05) is 11.3 Å². The third-order valence-corrected chi connectivity index (χ3v) is 5.29. The number of methoxy groups -OCH3 is 2. The van der Waals surface area contributed by atoms with Crippen LogP contribution in [0.2, 0.25) is 0 Å². The molecule has 152 valence electrons. The van der Waals surface area contributed by atoms with E-state index in [1.54, 1.807) is 57.5 Å². The predicted octanol–water partition coefficient (Wildman–Crippen LogP) is 3.28. The lowest BCUT2D eigenvalue weighted by atomic mass is 10.2. The van der Waals surface area contributed by atoms with E-state index in [1.807, 2.05) is 10.6 Å². The van der Waals surface area contributed by atoms with Crippen molar-refractivity contribution in [3.8, 4) is 5.75 Å². The molecule has 0 unspecified atom stereocenters. The van der Waals surface area contributed by atoms with Crippen LogP contribution >= 0.6 is 11.3 Å². The Kier molecular flexibility index (Phi) is 6.79. The maximum Gasteiger partial charge on any atom is 0.338 e. The Labute approximate surface area is 172 Å². The largest absolute Gasteiger partial charge is 0.497 e. The summed E-state index contributed by atoms with van der Waals surface area (Å²) in [7, 11) is 3.19. The molecule has 0 spiro atoms. The van der Waals surface area contributed by atoms with E-state index in [0.29, 0.717) is 41.4 Å². The minimum Gasteiger partial charge on any atom is -0.497 e. The molecule has 0 radical (unpaired) electrons. The summed E-state index contributed by atoms with van der Waals surface area (Å²) < 4.78 is 18.1. The van der Waals surface area contributed by atoms with E-state index in [4.69, 9.17) is 14.2 Å². The van der Waals surface area contributed by atoms with Crippen molar-refractivity contribution in [2.75, 3.05) is 27.4 Å². The standard InChI is InChI=1S/C21H22N2O5S/c1-4-28-20(25)15-7-10-17-18(13-15)29-21(23(17)11-12-26-2)22-19(24)14-5-8-16(27-3)9-6-14/h5-10,13H,4,11-12H2,1-3H3. The van der Waals surface area contributed by atoms with Gasteiger partial charge in [0.2, 0.25) is 0 Å². The molecule has 29 heavy (non-hydrogen) atoms. The zero-order valence-corrected chi connectivity index (χ0v) is 17.3. The van der Waals surface area contributed by atoms with Crippen molar-refractivity contribution in [1.29, 1.82) is 0 Å². The number of thiazole rings is 1. The lowest BCUT2D eigenvalue weighted by Gasteiger charge is -2.05. The van der Waals surface area contributed by atoms with Crippen LogP contribution in [0.4, 0.5) is 0 Å². The molecule has 1 heterocycles. The topological polar surface area (TPSA) is 79.1 Å². The molecule has 0 saturated heterocycles. The number of amides is 1. The number of aromatic nitrogens is 1. The fourth-order valence-corrected chi connectivity index (χ4v) is 3.88. The maximum absolute atomic E-state index is 12.7. The average molecular weight is 414 g/mol. The molecule has 3 aromatic rings. The molecule has 0 fully saturated rings. The molecule has 0 saturated carbocycles. The number of carbonyl (C=O) groups is 2. The number of hydrogen-bond donors (Lipinski definition) is 0. The van der Waals surface area contributed by atoms with Gasteiger partial charge in [-0.25, -0.2) is 4.79 Å². The Morgan fingerprint density at radius 3 is 2.45 bits per heavy atom. The van der Waals surface area contributed by atoms with E-state index < -0.39 is 0 Å². The van der Waals surface area contributed by atoms with Gasteiger partial charge in [0.25, 0.3) is 5.91 Å². The molecular weight excluding hydrogens is 392 g/mol. The van der Waals surface area contributed by atoms with Gasteiger partial charge in [0.1, 0.15) is 5.75 Å². The SMILES string of the molecule is CCOC(=O)c1ccc2c(c1)sc(=NC(=O)c1ccc(OC)cc1)n2CCOC. The molecule has 3 rings (SSSR count). The smallest absolute Gasteiger partial charge is 0.338 e. The van der Waals surface area contributed by atoms with Crippen molar-refractivity contribution in [3.05, 3.63) is 58.4 Å². The van der Waals surface area contributed by atoms with E-state index in [2.05, 4.69) is 4.99 Å². The minimum atomic E-state index is -0.376. The molecule has 2 aromatic carbocycles. The molecule has 1 amide bonds. The zero-order valence-electron chi connectivity index (χ0n) is 16.5. The van der Waals surface area contributed by atoms with Crippen molar-refractivity contribution in [2.45, 2.75) is 13.5 Å². The Morgan fingerprint density at radius 2 is 1.79 bits per heavy atom. The molecule has 0 aliphatic carbocycles. The fraction of sp³-hybridized carbons (Fsp3) is 0.286. The third kappa shape index (κ3) is 4.72. The summed E-state index contributed by atoms with van der Waals surface area (Å²) in [6.45, 7) is 3.08. The Morgan fingerprint density at radius 1 is 1.07 bits per heavy atom. The lowest BCUT2D eigenvalue weighted by molar-refractivity contribution is 0.0526. The molecule has 0 bridgehead atoms. The highest BCUT2D eigenvalue weighted by Crippen LogP contribution is 2.20. The summed E-state index contributed by atoms with van der Waals surface area (Å²) in [4.78, 5) is 29.5. The van der Waals surface area contributed by atoms with Crippen molar-refractivity contribution in [1.82, 2.24) is 4.57 Å². The first kappa shape index (κ1) is 20.8. The summed E-state index contributed by atoms with van der Waals surface area (Å²) in [6, 6.07) is 12.1. The van der Waals surface area contributed by atoms with E-state index in [0.717, 1.165) is 10.2 Å². The van der Waals surface area contributed by atoms with Crippen LogP contribution in [0.5, 0.6) is 5.75 Å². The number of ether oxygens (including phenoxy) is 3. The van der Waals surface area contributed by atoms with Crippen LogP contribution in [-0.4, -0.2) is 43.9 Å². The highest BCUT2D eigenvalue weighted by molar-refractivity contribution is 7.16. The van der Waals surface area contributed by atoms with Gasteiger partial charge in [-0.3, -0.25) is 4.79 Å². The van der Waals surface area contributed by atoms with E-state index in [-0.39, 0.29) is 11.9 Å². The Balaban J connectivity index is 2.04. The van der Waals surface area contributed by atoms with Crippen LogP contribution in [0.1, 0.15) is 27.6 Å². The number of benzene rings is 2. The van der Waals surface area contributed by atoms with Gasteiger partial charge < -0.3 is 18.8 Å². The monoisotopic (exact) mass is 414 g/mol. The van der Waals surface area contributed by atoms with Crippen LogP contribution < -0.4 is 9.54 Å². The first-order valence-corrected chi connectivity index (χ1v) is 9.91. The number of hydrogen-bond acceptors (Lipinski definition) is 6.